The van der Waals surface area contributed by atoms with Crippen LogP contribution in [0.2, 0.25) is 0 Å². The summed E-state index contributed by atoms with van der Waals surface area (Å²) in [6, 6.07) is 0.364. The van der Waals surface area contributed by atoms with Crippen molar-refractivity contribution < 1.29 is 14.7 Å². The number of primary amides is 1. The summed E-state index contributed by atoms with van der Waals surface area (Å²) in [7, 11) is 0. The van der Waals surface area contributed by atoms with Gasteiger partial charge in [-0.25, -0.2) is 4.79 Å². The first-order valence-electron chi connectivity index (χ1n) is 5.92. The van der Waals surface area contributed by atoms with Gasteiger partial charge in [-0.05, 0) is 32.6 Å². The van der Waals surface area contributed by atoms with Crippen LogP contribution in [0.25, 0.3) is 0 Å². The highest BCUT2D eigenvalue weighted by Crippen LogP contribution is 2.23. The third-order valence-electron chi connectivity index (χ3n) is 3.17. The molecule has 0 unspecified atom stereocenters. The van der Waals surface area contributed by atoms with Crippen LogP contribution in [0.5, 0.6) is 0 Å². The summed E-state index contributed by atoms with van der Waals surface area (Å²) in [6.07, 6.45) is 4.72. The van der Waals surface area contributed by atoms with Crippen LogP contribution in [-0.2, 0) is 9.59 Å². The van der Waals surface area contributed by atoms with Gasteiger partial charge in [-0.2, -0.15) is 0 Å². The van der Waals surface area contributed by atoms with Gasteiger partial charge in [0.1, 0.15) is 0 Å². The van der Waals surface area contributed by atoms with Gasteiger partial charge in [-0.1, -0.05) is 5.57 Å². The molecule has 1 fully saturated rings. The molecule has 1 amide bonds. The van der Waals surface area contributed by atoms with Crippen molar-refractivity contribution in [2.24, 2.45) is 11.7 Å². The zero-order chi connectivity index (χ0) is 12.8. The minimum absolute atomic E-state index is 0.0173. The highest BCUT2D eigenvalue weighted by atomic mass is 16.4. The maximum Gasteiger partial charge on any atom is 0.328 e. The third kappa shape index (κ3) is 4.99. The summed E-state index contributed by atoms with van der Waals surface area (Å²) in [5.74, 6) is -1.10. The zero-order valence-electron chi connectivity index (χ0n) is 10.1. The Balaban J connectivity index is 2.27. The molecule has 0 heterocycles. The standard InChI is InChI=1S/C12H20N2O3/c1-8(6-11(15)16)7-14-10-4-2-9(3-5-10)12(13)17/h6,9-10,14H,2-5,7H2,1H3,(H2,13,17)(H,15,16). The molecule has 0 aromatic heterocycles. The molecule has 1 aliphatic carbocycles. The summed E-state index contributed by atoms with van der Waals surface area (Å²) < 4.78 is 0. The van der Waals surface area contributed by atoms with Crippen LogP contribution >= 0.6 is 0 Å². The molecule has 0 aromatic rings. The molecule has 0 aliphatic heterocycles. The maximum absolute atomic E-state index is 11.0. The first-order chi connectivity index (χ1) is 7.99. The number of rotatable bonds is 5. The highest BCUT2D eigenvalue weighted by molar-refractivity contribution is 5.80. The molecule has 0 aromatic carbocycles. The topological polar surface area (TPSA) is 92.4 Å². The van der Waals surface area contributed by atoms with Gasteiger partial charge in [-0.15, -0.1) is 0 Å². The first kappa shape index (κ1) is 13.7. The summed E-state index contributed by atoms with van der Waals surface area (Å²) in [6.45, 7) is 2.37. The molecule has 0 atom stereocenters. The van der Waals surface area contributed by atoms with Gasteiger partial charge in [0.05, 0.1) is 0 Å². The summed E-state index contributed by atoms with van der Waals surface area (Å²) >= 11 is 0. The number of aliphatic carboxylic acids is 1. The maximum atomic E-state index is 11.0. The number of hydrogen-bond acceptors (Lipinski definition) is 3. The van der Waals surface area contributed by atoms with E-state index < -0.39 is 5.97 Å². The Kier molecular flexibility index (Phi) is 5.15. The number of nitrogens with one attached hydrogen (secondary N) is 1. The van der Waals surface area contributed by atoms with Crippen molar-refractivity contribution in [1.29, 1.82) is 0 Å². The second kappa shape index (κ2) is 6.39. The van der Waals surface area contributed by atoms with Crippen LogP contribution in [0.1, 0.15) is 32.6 Å². The Hall–Kier alpha value is -1.36. The van der Waals surface area contributed by atoms with Gasteiger partial charge in [0.15, 0.2) is 0 Å². The van der Waals surface area contributed by atoms with Crippen LogP contribution in [0.3, 0.4) is 0 Å². The second-order valence-electron chi connectivity index (χ2n) is 4.66. The van der Waals surface area contributed by atoms with Gasteiger partial charge in [0.2, 0.25) is 5.91 Å². The van der Waals surface area contributed by atoms with E-state index in [1.54, 1.807) is 6.92 Å². The quantitative estimate of drug-likeness (QED) is 0.615. The fraction of sp³-hybridized carbons (Fsp3) is 0.667. The van der Waals surface area contributed by atoms with E-state index in [1.807, 2.05) is 0 Å². The largest absolute Gasteiger partial charge is 0.478 e. The minimum atomic E-state index is -0.915. The number of carboxylic acids is 1. The van der Waals surface area contributed by atoms with Crippen molar-refractivity contribution in [2.75, 3.05) is 6.54 Å². The molecular formula is C12H20N2O3. The van der Waals surface area contributed by atoms with Crippen LogP contribution in [0, 0.1) is 5.92 Å². The van der Waals surface area contributed by atoms with Gasteiger partial charge >= 0.3 is 5.97 Å². The Bertz CT molecular complexity index is 318. The molecular weight excluding hydrogens is 220 g/mol. The van der Waals surface area contributed by atoms with E-state index in [0.29, 0.717) is 12.6 Å². The molecule has 0 saturated heterocycles. The van der Waals surface area contributed by atoms with Crippen LogP contribution < -0.4 is 11.1 Å². The molecule has 1 saturated carbocycles. The summed E-state index contributed by atoms with van der Waals surface area (Å²) in [5, 5.41) is 11.9. The van der Waals surface area contributed by atoms with Gasteiger partial charge in [-0.3, -0.25) is 4.79 Å². The van der Waals surface area contributed by atoms with Crippen LogP contribution in [-0.4, -0.2) is 29.6 Å². The second-order valence-corrected chi connectivity index (χ2v) is 4.66. The predicted molar refractivity (Wildman–Crippen MR) is 64.3 cm³/mol. The van der Waals surface area contributed by atoms with Crippen molar-refractivity contribution >= 4 is 11.9 Å². The fourth-order valence-electron chi connectivity index (χ4n) is 2.15. The highest BCUT2D eigenvalue weighted by Gasteiger charge is 2.24. The van der Waals surface area contributed by atoms with Crippen molar-refractivity contribution in [3.05, 3.63) is 11.6 Å². The SMILES string of the molecule is CC(=CC(=O)O)CNC1CCC(C(N)=O)CC1. The zero-order valence-corrected chi connectivity index (χ0v) is 10.1. The van der Waals surface area contributed by atoms with Gasteiger partial charge in [0.25, 0.3) is 0 Å². The number of carbonyl (C=O) groups excluding carboxylic acids is 1. The summed E-state index contributed by atoms with van der Waals surface area (Å²) in [5.41, 5.74) is 6.06. The Morgan fingerprint density at radius 1 is 1.35 bits per heavy atom. The Labute approximate surface area is 101 Å². The lowest BCUT2D eigenvalue weighted by Crippen LogP contribution is -2.37. The van der Waals surface area contributed by atoms with Crippen molar-refractivity contribution in [3.8, 4) is 0 Å². The number of carbonyl (C=O) groups is 2. The minimum Gasteiger partial charge on any atom is -0.478 e. The van der Waals surface area contributed by atoms with E-state index in [2.05, 4.69) is 5.32 Å². The smallest absolute Gasteiger partial charge is 0.328 e. The molecule has 1 rings (SSSR count). The predicted octanol–water partition coefficient (Wildman–Crippen LogP) is 0.651. The molecule has 4 N–H and O–H groups in total. The van der Waals surface area contributed by atoms with E-state index in [1.165, 1.54) is 6.08 Å². The number of carboxylic acid groups (broad SMARTS) is 1. The average molecular weight is 240 g/mol. The van der Waals surface area contributed by atoms with E-state index >= 15 is 0 Å². The van der Waals surface area contributed by atoms with Crippen molar-refractivity contribution in [1.82, 2.24) is 5.32 Å². The van der Waals surface area contributed by atoms with Gasteiger partial charge < -0.3 is 16.2 Å². The molecule has 1 aliphatic rings. The molecule has 0 spiro atoms. The van der Waals surface area contributed by atoms with Crippen LogP contribution in [0.15, 0.2) is 11.6 Å². The lowest BCUT2D eigenvalue weighted by molar-refractivity contribution is -0.131. The summed E-state index contributed by atoms with van der Waals surface area (Å²) in [4.78, 5) is 21.4. The van der Waals surface area contributed by atoms with E-state index in [-0.39, 0.29) is 11.8 Å². The van der Waals surface area contributed by atoms with E-state index in [4.69, 9.17) is 10.8 Å². The molecule has 0 radical (unpaired) electrons. The number of nitrogens with two attached hydrogens (primary N) is 1. The molecule has 5 nitrogen and oxygen atoms in total. The average Bonchev–Trinajstić information content (AvgIpc) is 2.26. The van der Waals surface area contributed by atoms with Crippen molar-refractivity contribution in [2.45, 2.75) is 38.6 Å². The number of hydrogen-bond donors (Lipinski definition) is 3. The first-order valence-corrected chi connectivity index (χ1v) is 5.92. The molecule has 5 heteroatoms. The Morgan fingerprint density at radius 3 is 2.41 bits per heavy atom. The Morgan fingerprint density at radius 2 is 1.94 bits per heavy atom. The molecule has 0 bridgehead atoms. The van der Waals surface area contributed by atoms with E-state index in [0.717, 1.165) is 31.3 Å². The van der Waals surface area contributed by atoms with Gasteiger partial charge in [0, 0.05) is 24.6 Å². The molecule has 17 heavy (non-hydrogen) atoms. The lowest BCUT2D eigenvalue weighted by Gasteiger charge is -2.27. The monoisotopic (exact) mass is 240 g/mol. The fourth-order valence-corrected chi connectivity index (χ4v) is 2.15. The van der Waals surface area contributed by atoms with Crippen LogP contribution in [0.4, 0.5) is 0 Å². The lowest BCUT2D eigenvalue weighted by atomic mass is 9.85. The number of amides is 1. The third-order valence-corrected chi connectivity index (χ3v) is 3.17. The molecule has 96 valence electrons. The van der Waals surface area contributed by atoms with E-state index in [9.17, 15) is 9.59 Å². The van der Waals surface area contributed by atoms with Crippen molar-refractivity contribution in [3.63, 3.8) is 0 Å². The normalized spacial score (nSPS) is 25.6.